The average molecular weight is 392 g/mol. The number of hydrogen-bond donors (Lipinski definition) is 0. The smallest absolute Gasteiger partial charge is 0.270 e. The van der Waals surface area contributed by atoms with Crippen LogP contribution in [0, 0.1) is 5.92 Å². The predicted octanol–water partition coefficient (Wildman–Crippen LogP) is 2.23. The molecular formula is C21H24N6O2. The molecule has 8 nitrogen and oxygen atoms in total. The molecule has 4 heterocycles. The quantitative estimate of drug-likeness (QED) is 0.665. The van der Waals surface area contributed by atoms with Gasteiger partial charge >= 0.3 is 0 Å². The molecule has 0 spiro atoms. The van der Waals surface area contributed by atoms with Crippen molar-refractivity contribution in [3.8, 4) is 22.6 Å². The van der Waals surface area contributed by atoms with Gasteiger partial charge in [-0.3, -0.25) is 9.48 Å². The van der Waals surface area contributed by atoms with Gasteiger partial charge in [0.25, 0.3) is 5.91 Å². The predicted molar refractivity (Wildman–Crippen MR) is 107 cm³/mol. The molecule has 3 aromatic heterocycles. The maximum atomic E-state index is 13.1. The molecule has 150 valence electrons. The highest BCUT2D eigenvalue weighted by Gasteiger charge is 2.27. The van der Waals surface area contributed by atoms with E-state index in [1.54, 1.807) is 10.9 Å². The Kier molecular flexibility index (Phi) is 4.63. The molecule has 3 aromatic rings. The number of carbonyl (C=O) groups excluding carboxylic acids is 1. The summed E-state index contributed by atoms with van der Waals surface area (Å²) in [4.78, 5) is 24.0. The first-order valence-electron chi connectivity index (χ1n) is 10.1. The van der Waals surface area contributed by atoms with Crippen molar-refractivity contribution < 1.29 is 9.53 Å². The topological polar surface area (TPSA) is 78.1 Å². The molecule has 0 atom stereocenters. The van der Waals surface area contributed by atoms with E-state index in [0.717, 1.165) is 29.1 Å². The summed E-state index contributed by atoms with van der Waals surface area (Å²) in [5.74, 6) is 1.39. The lowest BCUT2D eigenvalue weighted by atomic mass is 10.2. The van der Waals surface area contributed by atoms with Gasteiger partial charge in [0.2, 0.25) is 0 Å². The molecule has 0 radical (unpaired) electrons. The van der Waals surface area contributed by atoms with Crippen LogP contribution in [0.25, 0.3) is 22.6 Å². The Morgan fingerprint density at radius 2 is 1.93 bits per heavy atom. The summed E-state index contributed by atoms with van der Waals surface area (Å²) in [6.07, 6.45) is 9.90. The van der Waals surface area contributed by atoms with Gasteiger partial charge in [0.1, 0.15) is 11.4 Å². The van der Waals surface area contributed by atoms with Gasteiger partial charge in [0.05, 0.1) is 13.2 Å². The maximum absolute atomic E-state index is 13.1. The SMILES string of the molecule is Cn1nccc1-c1ncc(-c2cc(C(=O)N3CCOCC3)n(CC3CC3)c2)cn1. The lowest BCUT2D eigenvalue weighted by Crippen LogP contribution is -2.41. The van der Waals surface area contributed by atoms with E-state index in [9.17, 15) is 4.79 Å². The highest BCUT2D eigenvalue weighted by Crippen LogP contribution is 2.33. The van der Waals surface area contributed by atoms with Gasteiger partial charge in [-0.05, 0) is 30.9 Å². The molecule has 1 aliphatic heterocycles. The molecule has 5 rings (SSSR count). The molecule has 0 bridgehead atoms. The fourth-order valence-electron chi connectivity index (χ4n) is 3.71. The maximum Gasteiger partial charge on any atom is 0.270 e. The van der Waals surface area contributed by atoms with Crippen LogP contribution in [0.15, 0.2) is 36.9 Å². The van der Waals surface area contributed by atoms with Crippen LogP contribution in [0.1, 0.15) is 23.3 Å². The highest BCUT2D eigenvalue weighted by molar-refractivity contribution is 5.94. The van der Waals surface area contributed by atoms with E-state index in [1.165, 1.54) is 12.8 Å². The first-order valence-corrected chi connectivity index (χ1v) is 10.1. The summed E-state index contributed by atoms with van der Waals surface area (Å²) >= 11 is 0. The Morgan fingerprint density at radius 3 is 2.59 bits per heavy atom. The second-order valence-electron chi connectivity index (χ2n) is 7.75. The number of nitrogens with zero attached hydrogens (tertiary/aromatic N) is 6. The number of hydrogen-bond acceptors (Lipinski definition) is 5. The lowest BCUT2D eigenvalue weighted by molar-refractivity contribution is 0.0295. The minimum absolute atomic E-state index is 0.0765. The van der Waals surface area contributed by atoms with E-state index in [4.69, 9.17) is 4.74 Å². The summed E-state index contributed by atoms with van der Waals surface area (Å²) in [5.41, 5.74) is 3.48. The van der Waals surface area contributed by atoms with E-state index in [2.05, 4.69) is 25.8 Å². The number of morpholine rings is 1. The third kappa shape index (κ3) is 3.67. The fourth-order valence-corrected chi connectivity index (χ4v) is 3.71. The molecule has 0 aromatic carbocycles. The van der Waals surface area contributed by atoms with Gasteiger partial charge in [0, 0.05) is 62.6 Å². The van der Waals surface area contributed by atoms with Gasteiger partial charge < -0.3 is 14.2 Å². The van der Waals surface area contributed by atoms with Crippen molar-refractivity contribution in [3.05, 3.63) is 42.6 Å². The lowest BCUT2D eigenvalue weighted by Gasteiger charge is -2.27. The summed E-state index contributed by atoms with van der Waals surface area (Å²) in [6, 6.07) is 3.86. The molecule has 1 saturated heterocycles. The van der Waals surface area contributed by atoms with E-state index in [0.29, 0.717) is 38.0 Å². The number of aryl methyl sites for hydroxylation is 1. The third-order valence-corrected chi connectivity index (χ3v) is 5.60. The van der Waals surface area contributed by atoms with Gasteiger partial charge in [-0.25, -0.2) is 9.97 Å². The van der Waals surface area contributed by atoms with Gasteiger partial charge in [-0.15, -0.1) is 0 Å². The number of carbonyl (C=O) groups is 1. The molecule has 8 heteroatoms. The van der Waals surface area contributed by atoms with E-state index < -0.39 is 0 Å². The molecule has 29 heavy (non-hydrogen) atoms. The minimum Gasteiger partial charge on any atom is -0.378 e. The van der Waals surface area contributed by atoms with Gasteiger partial charge in [0.15, 0.2) is 5.82 Å². The van der Waals surface area contributed by atoms with Crippen molar-refractivity contribution in [2.45, 2.75) is 19.4 Å². The Hall–Kier alpha value is -3.00. The van der Waals surface area contributed by atoms with Crippen LogP contribution in [0.2, 0.25) is 0 Å². The van der Waals surface area contributed by atoms with Crippen LogP contribution < -0.4 is 0 Å². The Morgan fingerprint density at radius 1 is 1.17 bits per heavy atom. The normalized spacial score (nSPS) is 16.9. The van der Waals surface area contributed by atoms with E-state index in [1.807, 2.05) is 36.5 Å². The molecular weight excluding hydrogens is 368 g/mol. The van der Waals surface area contributed by atoms with E-state index in [-0.39, 0.29) is 5.91 Å². The average Bonchev–Trinajstić information content (AvgIpc) is 3.31. The fraction of sp³-hybridized carbons (Fsp3) is 0.429. The molecule has 1 amide bonds. The Bertz CT molecular complexity index is 1010. The molecule has 2 aliphatic rings. The molecule has 2 fully saturated rings. The van der Waals surface area contributed by atoms with Crippen LogP contribution in [0.4, 0.5) is 0 Å². The first kappa shape index (κ1) is 18.1. The van der Waals surface area contributed by atoms with Crippen LogP contribution >= 0.6 is 0 Å². The van der Waals surface area contributed by atoms with Crippen LogP contribution in [0.3, 0.4) is 0 Å². The Labute approximate surface area is 169 Å². The second-order valence-corrected chi connectivity index (χ2v) is 7.75. The zero-order valence-electron chi connectivity index (χ0n) is 16.5. The summed E-state index contributed by atoms with van der Waals surface area (Å²) in [6.45, 7) is 3.38. The summed E-state index contributed by atoms with van der Waals surface area (Å²) in [7, 11) is 1.87. The summed E-state index contributed by atoms with van der Waals surface area (Å²) < 4.78 is 9.25. The number of amides is 1. The van der Waals surface area contributed by atoms with Crippen LogP contribution in [-0.2, 0) is 18.3 Å². The highest BCUT2D eigenvalue weighted by atomic mass is 16.5. The van der Waals surface area contributed by atoms with E-state index >= 15 is 0 Å². The van der Waals surface area contributed by atoms with Crippen LogP contribution in [0.5, 0.6) is 0 Å². The zero-order chi connectivity index (χ0) is 19.8. The summed E-state index contributed by atoms with van der Waals surface area (Å²) in [5, 5.41) is 4.17. The van der Waals surface area contributed by atoms with Crippen molar-refractivity contribution in [1.29, 1.82) is 0 Å². The minimum atomic E-state index is 0.0765. The van der Waals surface area contributed by atoms with Gasteiger partial charge in [-0.1, -0.05) is 0 Å². The molecule has 1 aliphatic carbocycles. The van der Waals surface area contributed by atoms with Crippen molar-refractivity contribution in [2.75, 3.05) is 26.3 Å². The van der Waals surface area contributed by atoms with Crippen molar-refractivity contribution in [1.82, 2.24) is 29.2 Å². The number of rotatable bonds is 5. The largest absolute Gasteiger partial charge is 0.378 e. The Balaban J connectivity index is 1.44. The number of ether oxygens (including phenoxy) is 1. The third-order valence-electron chi connectivity index (χ3n) is 5.60. The van der Waals surface area contributed by atoms with Crippen LogP contribution in [-0.4, -0.2) is 61.4 Å². The first-order chi connectivity index (χ1) is 14.2. The van der Waals surface area contributed by atoms with Crippen molar-refractivity contribution in [3.63, 3.8) is 0 Å². The number of aromatic nitrogens is 5. The van der Waals surface area contributed by atoms with Crippen molar-refractivity contribution >= 4 is 5.91 Å². The van der Waals surface area contributed by atoms with Crippen molar-refractivity contribution in [2.24, 2.45) is 13.0 Å². The zero-order valence-corrected chi connectivity index (χ0v) is 16.5. The van der Waals surface area contributed by atoms with Gasteiger partial charge in [-0.2, -0.15) is 5.10 Å². The standard InChI is InChI=1S/C21H24N6O2/c1-25-18(4-5-24-25)20-22-11-17(12-23-20)16-10-19(27(14-16)13-15-2-3-15)21(28)26-6-8-29-9-7-26/h4-5,10-12,14-15H,2-3,6-9,13H2,1H3. The molecule has 0 N–H and O–H groups in total. The molecule has 0 unspecified atom stereocenters. The molecule has 1 saturated carbocycles. The monoisotopic (exact) mass is 392 g/mol. The second kappa shape index (κ2) is 7.44.